The number of rotatable bonds is 4. The molecule has 13 rings (SSSR count). The van der Waals surface area contributed by atoms with E-state index in [0.717, 1.165) is 55.2 Å². The topological polar surface area (TPSA) is 56.7 Å². The summed E-state index contributed by atoms with van der Waals surface area (Å²) in [6.07, 6.45) is 0. The van der Waals surface area contributed by atoms with Crippen molar-refractivity contribution in [1.82, 2.24) is 19.5 Å². The van der Waals surface area contributed by atoms with Gasteiger partial charge in [-0.15, -0.1) is 22.7 Å². The predicted molar refractivity (Wildman–Crippen MR) is 244 cm³/mol. The van der Waals surface area contributed by atoms with Crippen molar-refractivity contribution in [2.75, 3.05) is 0 Å². The molecule has 5 nitrogen and oxygen atoms in total. The quantitative estimate of drug-likeness (QED) is 0.179. The Morgan fingerprint density at radius 2 is 1.05 bits per heavy atom. The summed E-state index contributed by atoms with van der Waals surface area (Å²) in [6.45, 7) is 0. The van der Waals surface area contributed by atoms with Crippen LogP contribution in [0, 0.1) is 0 Å². The van der Waals surface area contributed by atoms with Crippen molar-refractivity contribution in [2.45, 2.75) is 0 Å². The van der Waals surface area contributed by atoms with Crippen molar-refractivity contribution in [1.29, 1.82) is 0 Å². The second kappa shape index (κ2) is 12.2. The van der Waals surface area contributed by atoms with E-state index in [-0.39, 0.29) is 0 Å². The summed E-state index contributed by atoms with van der Waals surface area (Å²) in [6, 6.07) is 60.0. The fourth-order valence-electron chi connectivity index (χ4n) is 8.87. The van der Waals surface area contributed by atoms with E-state index in [1.54, 1.807) is 11.3 Å². The molecule has 0 N–H and O–H groups in total. The summed E-state index contributed by atoms with van der Waals surface area (Å²) in [4.78, 5) is 16.1. The van der Waals surface area contributed by atoms with Crippen molar-refractivity contribution < 1.29 is 4.42 Å². The Morgan fingerprint density at radius 1 is 0.397 bits per heavy atom. The maximum atomic E-state index is 6.58. The molecule has 0 aliphatic rings. The third-order valence-electron chi connectivity index (χ3n) is 11.5. The summed E-state index contributed by atoms with van der Waals surface area (Å²) >= 11 is 3.64. The zero-order valence-electron chi connectivity index (χ0n) is 30.7. The normalized spacial score (nSPS) is 12.1. The Hall–Kier alpha value is -7.19. The molecular formula is C51H28N4OS2. The maximum Gasteiger partial charge on any atom is 0.238 e. The third kappa shape index (κ3) is 4.66. The second-order valence-electron chi connectivity index (χ2n) is 14.7. The van der Waals surface area contributed by atoms with E-state index < -0.39 is 0 Å². The highest BCUT2D eigenvalue weighted by atomic mass is 32.1. The van der Waals surface area contributed by atoms with E-state index in [1.165, 1.54) is 51.1 Å². The van der Waals surface area contributed by atoms with E-state index in [4.69, 9.17) is 19.4 Å². The van der Waals surface area contributed by atoms with Gasteiger partial charge in [0, 0.05) is 73.0 Å². The number of nitrogens with zero attached hydrogens (tertiary/aromatic N) is 4. The van der Waals surface area contributed by atoms with E-state index >= 15 is 0 Å². The Balaban J connectivity index is 1.12. The molecule has 0 fully saturated rings. The van der Waals surface area contributed by atoms with Gasteiger partial charge in [-0.05, 0) is 59.7 Å². The second-order valence-corrected chi connectivity index (χ2v) is 16.9. The van der Waals surface area contributed by atoms with Crippen LogP contribution in [0.1, 0.15) is 0 Å². The molecule has 0 unspecified atom stereocenters. The molecule has 8 aromatic carbocycles. The van der Waals surface area contributed by atoms with Gasteiger partial charge in [0.05, 0.1) is 11.0 Å². The highest BCUT2D eigenvalue weighted by Gasteiger charge is 2.22. The first-order valence-electron chi connectivity index (χ1n) is 19.3. The molecule has 0 atom stereocenters. The van der Waals surface area contributed by atoms with Crippen LogP contribution in [0.4, 0.5) is 0 Å². The molecule has 7 heteroatoms. The lowest BCUT2D eigenvalue weighted by molar-refractivity contribution is 0.669. The van der Waals surface area contributed by atoms with Gasteiger partial charge in [0.2, 0.25) is 5.95 Å². The smallest absolute Gasteiger partial charge is 0.238 e. The largest absolute Gasteiger partial charge is 0.456 e. The van der Waals surface area contributed by atoms with Crippen molar-refractivity contribution in [3.05, 3.63) is 170 Å². The lowest BCUT2D eigenvalue weighted by Gasteiger charge is -2.12. The van der Waals surface area contributed by atoms with Crippen molar-refractivity contribution >= 4 is 107 Å². The lowest BCUT2D eigenvalue weighted by atomic mass is 9.97. The van der Waals surface area contributed by atoms with Gasteiger partial charge in [0.25, 0.3) is 0 Å². The maximum absolute atomic E-state index is 6.58. The molecule has 270 valence electrons. The molecule has 5 aromatic heterocycles. The van der Waals surface area contributed by atoms with Gasteiger partial charge in [0.1, 0.15) is 11.2 Å². The van der Waals surface area contributed by atoms with Crippen LogP contribution in [-0.4, -0.2) is 19.5 Å². The van der Waals surface area contributed by atoms with E-state index in [0.29, 0.717) is 17.6 Å². The molecule has 0 amide bonds. The number of para-hydroxylation sites is 2. The van der Waals surface area contributed by atoms with Gasteiger partial charge in [-0.3, -0.25) is 4.57 Å². The molecule has 0 spiro atoms. The first-order chi connectivity index (χ1) is 28.7. The van der Waals surface area contributed by atoms with Crippen LogP contribution in [0.3, 0.4) is 0 Å². The average molecular weight is 777 g/mol. The highest BCUT2D eigenvalue weighted by molar-refractivity contribution is 7.27. The minimum atomic E-state index is 0.564. The minimum Gasteiger partial charge on any atom is -0.456 e. The van der Waals surface area contributed by atoms with E-state index in [1.807, 2.05) is 29.5 Å². The monoisotopic (exact) mass is 776 g/mol. The molecule has 0 saturated carbocycles. The van der Waals surface area contributed by atoms with Crippen LogP contribution >= 0.6 is 22.7 Å². The number of benzene rings is 8. The molecule has 58 heavy (non-hydrogen) atoms. The zero-order valence-corrected chi connectivity index (χ0v) is 32.3. The Bertz CT molecular complexity index is 3820. The fourth-order valence-corrected chi connectivity index (χ4v) is 11.3. The van der Waals surface area contributed by atoms with Gasteiger partial charge in [0.15, 0.2) is 11.6 Å². The van der Waals surface area contributed by atoms with Crippen LogP contribution in [0.5, 0.6) is 0 Å². The number of furan rings is 1. The summed E-state index contributed by atoms with van der Waals surface area (Å²) in [7, 11) is 0. The molecule has 5 heterocycles. The standard InChI is InChI=1S/C51H28N4OS2/c1-2-12-29(13-3-1)38-26-31(27-42-46(38)37-17-5-9-19-41(37)56-42)50-52-49(30-22-23-34-32-14-6-10-20-43(32)57-45(34)28-30)53-51(54-50)55-39-18-8-4-16-36(39)47-40(55)25-24-35-33-15-7-11-21-44(33)58-48(35)47/h1-28H. The van der Waals surface area contributed by atoms with Crippen LogP contribution < -0.4 is 0 Å². The summed E-state index contributed by atoms with van der Waals surface area (Å²) in [5, 5.41) is 9.56. The number of fused-ring (bicyclic) bond motifs is 13. The van der Waals surface area contributed by atoms with E-state index in [2.05, 4.69) is 156 Å². The highest BCUT2D eigenvalue weighted by Crippen LogP contribution is 2.44. The predicted octanol–water partition coefficient (Wildman–Crippen LogP) is 14.6. The lowest BCUT2D eigenvalue weighted by Crippen LogP contribution is -2.06. The average Bonchev–Trinajstić information content (AvgIpc) is 4.04. The molecule has 0 saturated heterocycles. The van der Waals surface area contributed by atoms with Gasteiger partial charge in [-0.25, -0.2) is 4.98 Å². The van der Waals surface area contributed by atoms with Gasteiger partial charge in [-0.1, -0.05) is 121 Å². The SMILES string of the molecule is c1ccc(-c2cc(-c3nc(-c4ccc5c(c4)sc4ccccc45)nc(-n4c5ccccc5c5c6sc7ccccc7c6ccc54)n3)cc3oc4ccccc4c23)cc1. The molecule has 13 aromatic rings. The molecule has 0 radical (unpaired) electrons. The van der Waals surface area contributed by atoms with Crippen molar-refractivity contribution in [3.63, 3.8) is 0 Å². The third-order valence-corrected chi connectivity index (χ3v) is 13.8. The number of thiophene rings is 2. The molecule has 0 aliphatic heterocycles. The van der Waals surface area contributed by atoms with Crippen LogP contribution in [0.25, 0.3) is 124 Å². The number of hydrogen-bond donors (Lipinski definition) is 0. The van der Waals surface area contributed by atoms with Crippen molar-refractivity contribution in [2.24, 2.45) is 0 Å². The first kappa shape index (κ1) is 32.0. The van der Waals surface area contributed by atoms with Crippen LogP contribution in [-0.2, 0) is 0 Å². The van der Waals surface area contributed by atoms with Crippen LogP contribution in [0.2, 0.25) is 0 Å². The van der Waals surface area contributed by atoms with Crippen molar-refractivity contribution in [3.8, 4) is 39.9 Å². The summed E-state index contributed by atoms with van der Waals surface area (Å²) in [5.74, 6) is 1.75. The first-order valence-corrected chi connectivity index (χ1v) is 20.9. The Labute approximate surface area is 338 Å². The molecule has 0 aliphatic carbocycles. The fraction of sp³-hybridized carbons (Fsp3) is 0. The number of aromatic nitrogens is 4. The summed E-state index contributed by atoms with van der Waals surface area (Å²) in [5.41, 5.74) is 7.69. The van der Waals surface area contributed by atoms with Gasteiger partial charge in [-0.2, -0.15) is 9.97 Å². The van der Waals surface area contributed by atoms with Crippen LogP contribution in [0.15, 0.2) is 174 Å². The van der Waals surface area contributed by atoms with Gasteiger partial charge >= 0.3 is 0 Å². The molecule has 0 bridgehead atoms. The summed E-state index contributed by atoms with van der Waals surface area (Å²) < 4.78 is 13.8. The molecular weight excluding hydrogens is 749 g/mol. The minimum absolute atomic E-state index is 0.564. The van der Waals surface area contributed by atoms with Gasteiger partial charge < -0.3 is 4.42 Å². The zero-order chi connectivity index (χ0) is 37.9. The number of hydrogen-bond acceptors (Lipinski definition) is 6. The Morgan fingerprint density at radius 3 is 1.90 bits per heavy atom. The van der Waals surface area contributed by atoms with E-state index in [9.17, 15) is 0 Å². The Kier molecular flexibility index (Phi) is 6.70.